The Kier molecular flexibility index (Phi) is 5.26. The fraction of sp³-hybridized carbons (Fsp3) is 0.294. The highest BCUT2D eigenvalue weighted by atomic mass is 79.9. The molecule has 3 nitrogen and oxygen atoms in total. The van der Waals surface area contributed by atoms with Crippen LogP contribution in [0.4, 0.5) is 0 Å². The molecule has 0 heterocycles. The molecule has 0 bridgehead atoms. The minimum absolute atomic E-state index is 0.136. The minimum Gasteiger partial charge on any atom is -0.497 e. The number of nitrogens with two attached hydrogens (primary N) is 1. The lowest BCUT2D eigenvalue weighted by molar-refractivity contribution is 0.405. The third-order valence-electron chi connectivity index (χ3n) is 3.48. The summed E-state index contributed by atoms with van der Waals surface area (Å²) in [5, 5.41) is 0. The van der Waals surface area contributed by atoms with Gasteiger partial charge >= 0.3 is 0 Å². The summed E-state index contributed by atoms with van der Waals surface area (Å²) in [6, 6.07) is 11.8. The molecule has 2 aromatic carbocycles. The van der Waals surface area contributed by atoms with Gasteiger partial charge in [-0.3, -0.25) is 0 Å². The first-order valence-corrected chi connectivity index (χ1v) is 7.57. The molecule has 2 aromatic rings. The van der Waals surface area contributed by atoms with E-state index in [1.807, 2.05) is 30.3 Å². The van der Waals surface area contributed by atoms with Crippen molar-refractivity contribution in [2.75, 3.05) is 14.2 Å². The Balaban J connectivity index is 2.29. The average molecular weight is 350 g/mol. The third-order valence-corrected chi connectivity index (χ3v) is 4.25. The molecule has 0 saturated heterocycles. The Hall–Kier alpha value is -1.52. The third kappa shape index (κ3) is 3.77. The van der Waals surface area contributed by atoms with Gasteiger partial charge in [0.2, 0.25) is 0 Å². The lowest BCUT2D eigenvalue weighted by atomic mass is 9.97. The Morgan fingerprint density at radius 3 is 2.52 bits per heavy atom. The molecule has 0 fully saturated rings. The van der Waals surface area contributed by atoms with Crippen LogP contribution >= 0.6 is 15.9 Å². The standard InChI is InChI=1S/C17H20BrNO2/c1-11-4-7-17(21-3)14(8-11)16(19)10-12-9-13(20-2)5-6-15(12)18/h4-9,16H,10,19H2,1-3H3. The van der Waals surface area contributed by atoms with Crippen LogP contribution in [0.15, 0.2) is 40.9 Å². The number of aryl methyl sites for hydroxylation is 1. The van der Waals surface area contributed by atoms with Gasteiger partial charge in [-0.25, -0.2) is 0 Å². The number of hydrogen-bond acceptors (Lipinski definition) is 3. The number of hydrogen-bond donors (Lipinski definition) is 1. The van der Waals surface area contributed by atoms with E-state index in [0.717, 1.165) is 27.1 Å². The van der Waals surface area contributed by atoms with Crippen LogP contribution in [0.5, 0.6) is 11.5 Å². The molecular formula is C17H20BrNO2. The summed E-state index contributed by atoms with van der Waals surface area (Å²) < 4.78 is 11.7. The monoisotopic (exact) mass is 349 g/mol. The molecule has 112 valence electrons. The molecule has 0 aromatic heterocycles. The molecule has 2 N–H and O–H groups in total. The van der Waals surface area contributed by atoms with Crippen molar-refractivity contribution in [1.29, 1.82) is 0 Å². The van der Waals surface area contributed by atoms with Crippen molar-refractivity contribution in [2.45, 2.75) is 19.4 Å². The van der Waals surface area contributed by atoms with Crippen LogP contribution in [-0.4, -0.2) is 14.2 Å². The van der Waals surface area contributed by atoms with Crippen molar-refractivity contribution in [3.8, 4) is 11.5 Å². The highest BCUT2D eigenvalue weighted by Crippen LogP contribution is 2.30. The van der Waals surface area contributed by atoms with E-state index in [9.17, 15) is 0 Å². The van der Waals surface area contributed by atoms with E-state index in [2.05, 4.69) is 28.9 Å². The highest BCUT2D eigenvalue weighted by Gasteiger charge is 2.15. The van der Waals surface area contributed by atoms with Crippen LogP contribution in [0.2, 0.25) is 0 Å². The summed E-state index contributed by atoms with van der Waals surface area (Å²) in [7, 11) is 3.33. The molecule has 0 aliphatic heterocycles. The van der Waals surface area contributed by atoms with Crippen molar-refractivity contribution in [3.05, 3.63) is 57.6 Å². The Labute approximate surface area is 134 Å². The number of benzene rings is 2. The van der Waals surface area contributed by atoms with E-state index < -0.39 is 0 Å². The van der Waals surface area contributed by atoms with Crippen molar-refractivity contribution in [1.82, 2.24) is 0 Å². The maximum atomic E-state index is 6.39. The molecule has 0 aliphatic rings. The van der Waals surface area contributed by atoms with Crippen LogP contribution in [0.3, 0.4) is 0 Å². The quantitative estimate of drug-likeness (QED) is 0.886. The smallest absolute Gasteiger partial charge is 0.123 e. The van der Waals surface area contributed by atoms with Crippen LogP contribution in [0, 0.1) is 6.92 Å². The molecule has 0 radical (unpaired) electrons. The highest BCUT2D eigenvalue weighted by molar-refractivity contribution is 9.10. The zero-order valence-electron chi connectivity index (χ0n) is 12.5. The minimum atomic E-state index is -0.136. The molecular weight excluding hydrogens is 330 g/mol. The van der Waals surface area contributed by atoms with E-state index in [1.54, 1.807) is 14.2 Å². The maximum absolute atomic E-state index is 6.39. The first-order chi connectivity index (χ1) is 10.0. The summed E-state index contributed by atoms with van der Waals surface area (Å²) in [6.45, 7) is 2.05. The van der Waals surface area contributed by atoms with E-state index in [4.69, 9.17) is 15.2 Å². The van der Waals surface area contributed by atoms with Crippen LogP contribution in [0.1, 0.15) is 22.7 Å². The van der Waals surface area contributed by atoms with E-state index in [0.29, 0.717) is 6.42 Å². The Bertz CT molecular complexity index is 628. The van der Waals surface area contributed by atoms with Gasteiger partial charge in [0.05, 0.1) is 14.2 Å². The van der Waals surface area contributed by atoms with Crippen LogP contribution < -0.4 is 15.2 Å². The van der Waals surface area contributed by atoms with Gasteiger partial charge in [0.15, 0.2) is 0 Å². The van der Waals surface area contributed by atoms with E-state index in [1.165, 1.54) is 5.56 Å². The number of rotatable bonds is 5. The second-order valence-corrected chi connectivity index (χ2v) is 5.87. The molecule has 4 heteroatoms. The lowest BCUT2D eigenvalue weighted by Gasteiger charge is -2.17. The Morgan fingerprint density at radius 1 is 1.10 bits per heavy atom. The predicted molar refractivity (Wildman–Crippen MR) is 89.1 cm³/mol. The number of methoxy groups -OCH3 is 2. The van der Waals surface area contributed by atoms with Crippen molar-refractivity contribution < 1.29 is 9.47 Å². The fourth-order valence-corrected chi connectivity index (χ4v) is 2.73. The van der Waals surface area contributed by atoms with Gasteiger partial charge in [-0.15, -0.1) is 0 Å². The molecule has 0 amide bonds. The summed E-state index contributed by atoms with van der Waals surface area (Å²) in [5.41, 5.74) is 9.70. The zero-order chi connectivity index (χ0) is 15.4. The van der Waals surface area contributed by atoms with Gasteiger partial charge < -0.3 is 15.2 Å². The molecule has 0 spiro atoms. The van der Waals surface area contributed by atoms with Crippen molar-refractivity contribution in [3.63, 3.8) is 0 Å². The van der Waals surface area contributed by atoms with Crippen molar-refractivity contribution in [2.24, 2.45) is 5.73 Å². The van der Waals surface area contributed by atoms with Gasteiger partial charge in [-0.05, 0) is 43.2 Å². The first kappa shape index (κ1) is 15.9. The zero-order valence-corrected chi connectivity index (χ0v) is 14.1. The van der Waals surface area contributed by atoms with E-state index >= 15 is 0 Å². The lowest BCUT2D eigenvalue weighted by Crippen LogP contribution is -2.15. The number of ether oxygens (including phenoxy) is 2. The molecule has 0 saturated carbocycles. The predicted octanol–water partition coefficient (Wildman–Crippen LogP) is 4.02. The topological polar surface area (TPSA) is 44.5 Å². The molecule has 1 atom stereocenters. The maximum Gasteiger partial charge on any atom is 0.123 e. The summed E-state index contributed by atoms with van der Waals surface area (Å²) in [6.07, 6.45) is 0.706. The van der Waals surface area contributed by atoms with Gasteiger partial charge in [-0.1, -0.05) is 33.6 Å². The summed E-state index contributed by atoms with van der Waals surface area (Å²) in [4.78, 5) is 0. The molecule has 0 aliphatic carbocycles. The number of halogens is 1. The van der Waals surface area contributed by atoms with Crippen LogP contribution in [0.25, 0.3) is 0 Å². The molecule has 2 rings (SSSR count). The first-order valence-electron chi connectivity index (χ1n) is 6.77. The molecule has 21 heavy (non-hydrogen) atoms. The second-order valence-electron chi connectivity index (χ2n) is 5.01. The largest absolute Gasteiger partial charge is 0.497 e. The normalized spacial score (nSPS) is 12.0. The van der Waals surface area contributed by atoms with Crippen LogP contribution in [-0.2, 0) is 6.42 Å². The summed E-state index contributed by atoms with van der Waals surface area (Å²) in [5.74, 6) is 1.66. The van der Waals surface area contributed by atoms with Gasteiger partial charge in [0.25, 0.3) is 0 Å². The Morgan fingerprint density at radius 2 is 1.86 bits per heavy atom. The fourth-order valence-electron chi connectivity index (χ4n) is 2.32. The SMILES string of the molecule is COc1ccc(Br)c(CC(N)c2cc(C)ccc2OC)c1. The van der Waals surface area contributed by atoms with Gasteiger partial charge in [-0.2, -0.15) is 0 Å². The second kappa shape index (κ2) is 6.96. The average Bonchev–Trinajstić information content (AvgIpc) is 2.49. The summed E-state index contributed by atoms with van der Waals surface area (Å²) >= 11 is 3.57. The van der Waals surface area contributed by atoms with Gasteiger partial charge in [0, 0.05) is 16.1 Å². The van der Waals surface area contributed by atoms with Gasteiger partial charge in [0.1, 0.15) is 11.5 Å². The molecule has 1 unspecified atom stereocenters. The van der Waals surface area contributed by atoms with E-state index in [-0.39, 0.29) is 6.04 Å². The van der Waals surface area contributed by atoms with Crippen molar-refractivity contribution >= 4 is 15.9 Å².